The van der Waals surface area contributed by atoms with E-state index in [0.29, 0.717) is 26.6 Å². The predicted molar refractivity (Wildman–Crippen MR) is 125 cm³/mol. The molecule has 0 spiro atoms. The number of carbonyl (C=O) groups excluding carboxylic acids is 2. The van der Waals surface area contributed by atoms with Gasteiger partial charge in [-0.25, -0.2) is 0 Å². The van der Waals surface area contributed by atoms with Crippen molar-refractivity contribution in [3.05, 3.63) is 50.4 Å². The van der Waals surface area contributed by atoms with Crippen molar-refractivity contribution in [2.45, 2.75) is 32.5 Å². The van der Waals surface area contributed by atoms with Crippen molar-refractivity contribution >= 4 is 51.5 Å². The van der Waals surface area contributed by atoms with Gasteiger partial charge >= 0.3 is 13.8 Å². The van der Waals surface area contributed by atoms with Gasteiger partial charge in [0.2, 0.25) is 0 Å². The molecule has 2 aromatic rings. The lowest BCUT2D eigenvalue weighted by Gasteiger charge is -2.15. The molecule has 0 aliphatic heterocycles. The molecule has 0 aliphatic carbocycles. The zero-order valence-corrected chi connectivity index (χ0v) is 21.3. The molecule has 0 saturated carbocycles. The molecular weight excluding hydrogens is 553 g/mol. The SMILES string of the molecule is CCOC(=O)CC(C)NC(=O)c1cc(Oc2c(Br)cc(C[P+](C)=O)cc2Br)ccc1O. The largest absolute Gasteiger partial charge is 0.507 e. The van der Waals surface area contributed by atoms with E-state index in [2.05, 4.69) is 37.2 Å². The summed E-state index contributed by atoms with van der Waals surface area (Å²) in [6.45, 7) is 5.31. The summed E-state index contributed by atoms with van der Waals surface area (Å²) in [4.78, 5) is 24.2. The van der Waals surface area contributed by atoms with Crippen LogP contribution >= 0.6 is 39.7 Å². The number of esters is 1. The Hall–Kier alpha value is -1.96. The number of phenols is 1. The minimum Gasteiger partial charge on any atom is -0.507 e. The zero-order valence-electron chi connectivity index (χ0n) is 17.3. The maximum atomic E-state index is 12.6. The average molecular weight is 576 g/mol. The van der Waals surface area contributed by atoms with E-state index in [9.17, 15) is 19.3 Å². The second-order valence-corrected chi connectivity index (χ2v) is 10.1. The number of ether oxygens (including phenoxy) is 2. The average Bonchev–Trinajstić information content (AvgIpc) is 2.65. The smallest absolute Gasteiger partial charge is 0.340 e. The first-order valence-corrected chi connectivity index (χ1v) is 12.9. The molecule has 2 rings (SSSR count). The van der Waals surface area contributed by atoms with Crippen LogP contribution in [-0.4, -0.2) is 36.3 Å². The minimum atomic E-state index is -1.32. The quantitative estimate of drug-likeness (QED) is 0.292. The summed E-state index contributed by atoms with van der Waals surface area (Å²) in [6.07, 6.45) is 0.465. The summed E-state index contributed by atoms with van der Waals surface area (Å²) < 4.78 is 23.6. The van der Waals surface area contributed by atoms with Crippen molar-refractivity contribution in [2.24, 2.45) is 0 Å². The Morgan fingerprint density at radius 3 is 2.42 bits per heavy atom. The molecule has 2 N–H and O–H groups in total. The van der Waals surface area contributed by atoms with Gasteiger partial charge in [-0.15, -0.1) is 0 Å². The van der Waals surface area contributed by atoms with Gasteiger partial charge in [0.25, 0.3) is 5.91 Å². The van der Waals surface area contributed by atoms with Crippen LogP contribution in [-0.2, 0) is 20.3 Å². The van der Waals surface area contributed by atoms with E-state index in [-0.39, 0.29) is 24.3 Å². The van der Waals surface area contributed by atoms with Crippen LogP contribution in [0.3, 0.4) is 0 Å². The molecule has 0 radical (unpaired) electrons. The van der Waals surface area contributed by atoms with Crippen LogP contribution in [0.4, 0.5) is 0 Å². The summed E-state index contributed by atoms with van der Waals surface area (Å²) in [5, 5.41) is 12.8. The van der Waals surface area contributed by atoms with Gasteiger partial charge in [-0.1, -0.05) is 4.57 Å². The lowest BCUT2D eigenvalue weighted by atomic mass is 10.1. The van der Waals surface area contributed by atoms with E-state index in [1.165, 1.54) is 18.2 Å². The highest BCUT2D eigenvalue weighted by atomic mass is 79.9. The first kappa shape index (κ1) is 25.3. The van der Waals surface area contributed by atoms with E-state index in [1.54, 1.807) is 20.5 Å². The maximum Gasteiger partial charge on any atom is 0.340 e. The van der Waals surface area contributed by atoms with Crippen LogP contribution in [0.1, 0.15) is 36.2 Å². The van der Waals surface area contributed by atoms with Gasteiger partial charge in [0.1, 0.15) is 18.2 Å². The zero-order chi connectivity index (χ0) is 23.1. The molecule has 0 saturated heterocycles. The number of benzene rings is 2. The second-order valence-electron chi connectivity index (χ2n) is 6.84. The number of aromatic hydroxyl groups is 1. The van der Waals surface area contributed by atoms with Crippen LogP contribution in [0.15, 0.2) is 39.3 Å². The molecule has 0 aliphatic rings. The van der Waals surface area contributed by atoms with Crippen molar-refractivity contribution in [2.75, 3.05) is 13.3 Å². The first-order valence-electron chi connectivity index (χ1n) is 9.44. The van der Waals surface area contributed by atoms with Crippen LogP contribution in [0.5, 0.6) is 17.2 Å². The Morgan fingerprint density at radius 1 is 1.19 bits per heavy atom. The topological polar surface area (TPSA) is 102 Å². The number of rotatable bonds is 9. The molecule has 2 atom stereocenters. The van der Waals surface area contributed by atoms with Gasteiger partial charge in [-0.2, -0.15) is 0 Å². The molecule has 0 bridgehead atoms. The molecule has 166 valence electrons. The van der Waals surface area contributed by atoms with Gasteiger partial charge < -0.3 is 19.9 Å². The monoisotopic (exact) mass is 574 g/mol. The Kier molecular flexibility index (Phi) is 9.47. The maximum absolute atomic E-state index is 12.6. The Balaban J connectivity index is 2.18. The Labute approximate surface area is 198 Å². The summed E-state index contributed by atoms with van der Waals surface area (Å²) in [7, 11) is -1.32. The van der Waals surface area contributed by atoms with E-state index in [1.807, 2.05) is 12.1 Å². The number of phenolic OH excluding ortho intramolecular Hbond substituents is 1. The van der Waals surface area contributed by atoms with Gasteiger partial charge in [0.15, 0.2) is 11.9 Å². The highest BCUT2D eigenvalue weighted by molar-refractivity contribution is 9.11. The molecule has 0 aromatic heterocycles. The lowest BCUT2D eigenvalue weighted by Crippen LogP contribution is -2.34. The van der Waals surface area contributed by atoms with Crippen molar-refractivity contribution < 1.29 is 28.7 Å². The summed E-state index contributed by atoms with van der Waals surface area (Å²) in [5.41, 5.74) is 0.899. The van der Waals surface area contributed by atoms with E-state index < -0.39 is 25.7 Å². The molecule has 31 heavy (non-hydrogen) atoms. The summed E-state index contributed by atoms with van der Waals surface area (Å²) >= 11 is 6.91. The molecule has 2 aromatic carbocycles. The van der Waals surface area contributed by atoms with Crippen molar-refractivity contribution in [1.82, 2.24) is 5.32 Å². The number of nitrogens with one attached hydrogen (secondary N) is 1. The molecule has 0 fully saturated rings. The third-order valence-electron chi connectivity index (χ3n) is 4.05. The first-order chi connectivity index (χ1) is 14.6. The molecule has 10 heteroatoms. The highest BCUT2D eigenvalue weighted by Crippen LogP contribution is 2.40. The van der Waals surface area contributed by atoms with Gasteiger partial charge in [0, 0.05) is 11.6 Å². The third-order valence-corrected chi connectivity index (χ3v) is 6.04. The summed E-state index contributed by atoms with van der Waals surface area (Å²) in [5.74, 6) is -0.365. The highest BCUT2D eigenvalue weighted by Gasteiger charge is 2.19. The molecule has 7 nitrogen and oxygen atoms in total. The number of amides is 1. The number of carbonyl (C=O) groups is 2. The Morgan fingerprint density at radius 2 is 1.84 bits per heavy atom. The van der Waals surface area contributed by atoms with E-state index in [4.69, 9.17) is 9.47 Å². The standard InChI is InChI=1S/C21H22Br2NO6P/c1-4-29-19(26)7-12(2)24-21(27)15-10-14(5-6-18(15)25)30-20-16(22)8-13(9-17(20)23)11-31(3)28/h5-6,8-10,12H,4,7,11H2,1-3H3,(H-,24,25,27)/p+1. The van der Waals surface area contributed by atoms with E-state index >= 15 is 0 Å². The third kappa shape index (κ3) is 7.59. The van der Waals surface area contributed by atoms with Crippen molar-refractivity contribution in [1.29, 1.82) is 0 Å². The summed E-state index contributed by atoms with van der Waals surface area (Å²) in [6, 6.07) is 7.47. The van der Waals surface area contributed by atoms with Crippen molar-refractivity contribution in [3.63, 3.8) is 0 Å². The molecular formula is C21H23Br2NO6P+. The van der Waals surface area contributed by atoms with E-state index in [0.717, 1.165) is 5.56 Å². The number of hydrogen-bond acceptors (Lipinski definition) is 6. The predicted octanol–water partition coefficient (Wildman–Crippen LogP) is 5.74. The van der Waals surface area contributed by atoms with Gasteiger partial charge in [-0.05, 0) is 76.0 Å². The minimum absolute atomic E-state index is 0.0139. The molecule has 0 heterocycles. The van der Waals surface area contributed by atoms with Crippen LogP contribution < -0.4 is 10.1 Å². The second kappa shape index (κ2) is 11.6. The van der Waals surface area contributed by atoms with Crippen LogP contribution in [0, 0.1) is 0 Å². The number of halogens is 2. The lowest BCUT2D eigenvalue weighted by molar-refractivity contribution is -0.143. The molecule has 2 unspecified atom stereocenters. The fourth-order valence-corrected chi connectivity index (χ4v) is 4.90. The normalized spacial score (nSPS) is 12.1. The number of hydrogen-bond donors (Lipinski definition) is 2. The fourth-order valence-electron chi connectivity index (χ4n) is 2.76. The van der Waals surface area contributed by atoms with Crippen molar-refractivity contribution in [3.8, 4) is 17.2 Å². The van der Waals surface area contributed by atoms with Crippen LogP contribution in [0.25, 0.3) is 0 Å². The fraction of sp³-hybridized carbons (Fsp3) is 0.333. The Bertz CT molecular complexity index is 975. The van der Waals surface area contributed by atoms with Gasteiger partial charge in [-0.3, -0.25) is 9.59 Å². The molecule has 1 amide bonds. The van der Waals surface area contributed by atoms with Crippen LogP contribution in [0.2, 0.25) is 0 Å². The van der Waals surface area contributed by atoms with Gasteiger partial charge in [0.05, 0.1) is 27.5 Å².